The molecule has 1 aliphatic carbocycles. The summed E-state index contributed by atoms with van der Waals surface area (Å²) in [4.78, 5) is 1.26. The molecule has 0 atom stereocenters. The van der Waals surface area contributed by atoms with Crippen LogP contribution in [0.3, 0.4) is 0 Å². The molecule has 0 fully saturated rings. The zero-order chi connectivity index (χ0) is 12.5. The van der Waals surface area contributed by atoms with Crippen molar-refractivity contribution in [1.29, 1.82) is 0 Å². The molecule has 0 unspecified atom stereocenters. The first-order valence-corrected chi connectivity index (χ1v) is 5.85. The maximum Gasteiger partial charge on any atom is 0.405 e. The van der Waals surface area contributed by atoms with Crippen LogP contribution in [0.1, 0.15) is 24.0 Å². The Labute approximate surface area is 99.2 Å². The number of alkyl halides is 3. The number of hydrogen-bond acceptors (Lipinski definition) is 1. The molecular weight excluding hydrogens is 227 g/mol. The van der Waals surface area contributed by atoms with E-state index in [1.165, 1.54) is 29.5 Å². The van der Waals surface area contributed by atoms with Crippen molar-refractivity contribution < 1.29 is 13.2 Å². The van der Waals surface area contributed by atoms with Gasteiger partial charge >= 0.3 is 6.18 Å². The summed E-state index contributed by atoms with van der Waals surface area (Å²) >= 11 is 0. The number of benzene rings is 1. The van der Waals surface area contributed by atoms with E-state index < -0.39 is 12.7 Å². The summed E-state index contributed by atoms with van der Waals surface area (Å²) in [5.74, 6) is 0. The lowest BCUT2D eigenvalue weighted by Gasteiger charge is -2.23. The third kappa shape index (κ3) is 3.14. The van der Waals surface area contributed by atoms with E-state index in [9.17, 15) is 13.2 Å². The minimum Gasteiger partial charge on any atom is -0.366 e. The monoisotopic (exact) mass is 243 g/mol. The van der Waals surface area contributed by atoms with Gasteiger partial charge < -0.3 is 4.90 Å². The van der Waals surface area contributed by atoms with Gasteiger partial charge in [0.2, 0.25) is 0 Å². The van der Waals surface area contributed by atoms with Crippen molar-refractivity contribution in [1.82, 2.24) is 0 Å². The maximum absolute atomic E-state index is 12.3. The van der Waals surface area contributed by atoms with Crippen molar-refractivity contribution in [3.05, 3.63) is 29.3 Å². The second-order valence-corrected chi connectivity index (χ2v) is 4.63. The van der Waals surface area contributed by atoms with Crippen LogP contribution in [0, 0.1) is 0 Å². The summed E-state index contributed by atoms with van der Waals surface area (Å²) in [5.41, 5.74) is 3.16. The van der Waals surface area contributed by atoms with Gasteiger partial charge in [0.1, 0.15) is 6.54 Å². The fraction of sp³-hybridized carbons (Fsp3) is 0.538. The fourth-order valence-electron chi connectivity index (χ4n) is 2.32. The number of fused-ring (bicyclic) bond motifs is 1. The molecule has 0 spiro atoms. The molecule has 2 rings (SSSR count). The molecule has 0 bridgehead atoms. The van der Waals surface area contributed by atoms with E-state index in [0.29, 0.717) is 5.69 Å². The highest BCUT2D eigenvalue weighted by molar-refractivity contribution is 5.51. The van der Waals surface area contributed by atoms with Gasteiger partial charge in [-0.15, -0.1) is 0 Å². The Bertz CT molecular complexity index is 398. The largest absolute Gasteiger partial charge is 0.405 e. The van der Waals surface area contributed by atoms with E-state index in [1.807, 2.05) is 12.1 Å². The normalized spacial score (nSPS) is 15.5. The second-order valence-electron chi connectivity index (χ2n) is 4.63. The first-order chi connectivity index (χ1) is 7.96. The number of aryl methyl sites for hydroxylation is 2. The van der Waals surface area contributed by atoms with Crippen LogP contribution in [-0.2, 0) is 12.8 Å². The molecular formula is C13H16F3N. The van der Waals surface area contributed by atoms with Gasteiger partial charge in [-0.25, -0.2) is 0 Å². The Morgan fingerprint density at radius 1 is 1.12 bits per heavy atom. The highest BCUT2D eigenvalue weighted by Gasteiger charge is 2.29. The second kappa shape index (κ2) is 4.59. The molecule has 0 radical (unpaired) electrons. The van der Waals surface area contributed by atoms with E-state index in [-0.39, 0.29) is 0 Å². The highest BCUT2D eigenvalue weighted by atomic mass is 19.4. The Morgan fingerprint density at radius 2 is 1.76 bits per heavy atom. The van der Waals surface area contributed by atoms with E-state index >= 15 is 0 Å². The maximum atomic E-state index is 12.3. The number of rotatable bonds is 2. The predicted molar refractivity (Wildman–Crippen MR) is 62.4 cm³/mol. The van der Waals surface area contributed by atoms with Gasteiger partial charge in [-0.05, 0) is 48.9 Å². The van der Waals surface area contributed by atoms with E-state index in [1.54, 1.807) is 6.07 Å². The Balaban J connectivity index is 2.16. The molecule has 0 aliphatic heterocycles. The van der Waals surface area contributed by atoms with E-state index in [4.69, 9.17) is 0 Å². The molecule has 1 aromatic carbocycles. The summed E-state index contributed by atoms with van der Waals surface area (Å²) in [6.07, 6.45) is 0.219. The molecule has 0 saturated carbocycles. The molecule has 0 N–H and O–H groups in total. The summed E-state index contributed by atoms with van der Waals surface area (Å²) in [5, 5.41) is 0. The third-order valence-electron chi connectivity index (χ3n) is 3.19. The molecule has 0 saturated heterocycles. The molecule has 0 aromatic heterocycles. The van der Waals surface area contributed by atoms with Crippen LogP contribution < -0.4 is 4.90 Å². The minimum absolute atomic E-state index is 0.656. The topological polar surface area (TPSA) is 3.24 Å². The van der Waals surface area contributed by atoms with Crippen LogP contribution in [0.4, 0.5) is 18.9 Å². The summed E-state index contributed by atoms with van der Waals surface area (Å²) in [6, 6.07) is 5.66. The molecule has 94 valence electrons. The van der Waals surface area contributed by atoms with Crippen molar-refractivity contribution in [3.8, 4) is 0 Å². The van der Waals surface area contributed by atoms with Crippen LogP contribution >= 0.6 is 0 Å². The number of nitrogens with zero attached hydrogens (tertiary/aromatic N) is 1. The van der Waals surface area contributed by atoms with Crippen LogP contribution in [0.5, 0.6) is 0 Å². The highest BCUT2D eigenvalue weighted by Crippen LogP contribution is 2.27. The van der Waals surface area contributed by atoms with Gasteiger partial charge in [0, 0.05) is 12.7 Å². The lowest BCUT2D eigenvalue weighted by Crippen LogP contribution is -2.30. The fourth-order valence-corrected chi connectivity index (χ4v) is 2.32. The van der Waals surface area contributed by atoms with Gasteiger partial charge in [0.25, 0.3) is 0 Å². The summed E-state index contributed by atoms with van der Waals surface area (Å²) < 4.78 is 36.9. The number of hydrogen-bond donors (Lipinski definition) is 0. The third-order valence-corrected chi connectivity index (χ3v) is 3.19. The van der Waals surface area contributed by atoms with Gasteiger partial charge in [-0.1, -0.05) is 6.07 Å². The number of anilines is 1. The first-order valence-electron chi connectivity index (χ1n) is 5.85. The molecule has 0 heterocycles. The van der Waals surface area contributed by atoms with Crippen LogP contribution in [0.25, 0.3) is 0 Å². The smallest absolute Gasteiger partial charge is 0.366 e. The lowest BCUT2D eigenvalue weighted by molar-refractivity contribution is -0.119. The van der Waals surface area contributed by atoms with Gasteiger partial charge in [0.15, 0.2) is 0 Å². The van der Waals surface area contributed by atoms with Crippen molar-refractivity contribution >= 4 is 5.69 Å². The van der Waals surface area contributed by atoms with Gasteiger partial charge in [0.05, 0.1) is 0 Å². The van der Waals surface area contributed by atoms with E-state index in [2.05, 4.69) is 0 Å². The lowest BCUT2D eigenvalue weighted by atomic mass is 9.91. The molecule has 4 heteroatoms. The Morgan fingerprint density at radius 3 is 2.41 bits per heavy atom. The van der Waals surface area contributed by atoms with Crippen LogP contribution in [0.15, 0.2) is 18.2 Å². The molecule has 17 heavy (non-hydrogen) atoms. The van der Waals surface area contributed by atoms with Crippen molar-refractivity contribution in [3.63, 3.8) is 0 Å². The molecule has 1 nitrogen and oxygen atoms in total. The summed E-state index contributed by atoms with van der Waals surface area (Å²) in [6.45, 7) is -0.897. The average molecular weight is 243 g/mol. The molecule has 1 aliphatic rings. The summed E-state index contributed by atoms with van der Waals surface area (Å²) in [7, 11) is 1.48. The zero-order valence-electron chi connectivity index (χ0n) is 9.85. The SMILES string of the molecule is CN(CC(F)(F)F)c1ccc2c(c1)CCCC2. The quantitative estimate of drug-likeness (QED) is 0.767. The standard InChI is InChI=1S/C13H16F3N/c1-17(9-13(14,15)16)12-7-6-10-4-2-3-5-11(10)8-12/h6-8H,2-5,9H2,1H3. The zero-order valence-corrected chi connectivity index (χ0v) is 9.85. The molecule has 0 amide bonds. The average Bonchev–Trinajstić information content (AvgIpc) is 2.26. The number of halogens is 3. The minimum atomic E-state index is -4.15. The van der Waals surface area contributed by atoms with Gasteiger partial charge in [-0.2, -0.15) is 13.2 Å². The van der Waals surface area contributed by atoms with E-state index in [0.717, 1.165) is 19.3 Å². The predicted octanol–water partition coefficient (Wildman–Crippen LogP) is 3.56. The molecule has 1 aromatic rings. The van der Waals surface area contributed by atoms with Crippen molar-refractivity contribution in [2.24, 2.45) is 0 Å². The van der Waals surface area contributed by atoms with Crippen LogP contribution in [-0.4, -0.2) is 19.8 Å². The first kappa shape index (κ1) is 12.3. The van der Waals surface area contributed by atoms with Crippen molar-refractivity contribution in [2.75, 3.05) is 18.5 Å². The van der Waals surface area contributed by atoms with Crippen LogP contribution in [0.2, 0.25) is 0 Å². The van der Waals surface area contributed by atoms with Crippen molar-refractivity contribution in [2.45, 2.75) is 31.9 Å². The Kier molecular flexibility index (Phi) is 3.31. The Hall–Kier alpha value is -1.19. The van der Waals surface area contributed by atoms with Gasteiger partial charge in [-0.3, -0.25) is 0 Å².